The average molecular weight is 389 g/mol. The van der Waals surface area contributed by atoms with Crippen LogP contribution in [-0.2, 0) is 19.1 Å². The van der Waals surface area contributed by atoms with Crippen molar-refractivity contribution in [3.63, 3.8) is 0 Å². The summed E-state index contributed by atoms with van der Waals surface area (Å²) in [5.41, 5.74) is 0.830. The number of esters is 1. The van der Waals surface area contributed by atoms with Crippen molar-refractivity contribution in [1.29, 1.82) is 0 Å². The van der Waals surface area contributed by atoms with Crippen LogP contribution in [0, 0.1) is 0 Å². The minimum absolute atomic E-state index is 0.181. The predicted octanol–water partition coefficient (Wildman–Crippen LogP) is 2.20. The lowest BCUT2D eigenvalue weighted by atomic mass is 10.2. The number of nitrogens with one attached hydrogen (secondary N) is 1. The smallest absolute Gasteiger partial charge is 0.331 e. The highest BCUT2D eigenvalue weighted by Gasteiger charge is 2.25. The van der Waals surface area contributed by atoms with Crippen LogP contribution in [0.15, 0.2) is 45.4 Å². The average Bonchev–Trinajstić information content (AvgIpc) is 3.03. The first-order chi connectivity index (χ1) is 13.1. The molecule has 0 aromatic heterocycles. The highest BCUT2D eigenvalue weighted by molar-refractivity contribution is 8.18. The maximum absolute atomic E-state index is 11.7. The van der Waals surface area contributed by atoms with Gasteiger partial charge in [0.25, 0.3) is 5.91 Å². The number of carbonyl (C=O) groups is 2. The number of amides is 1. The first-order valence-corrected chi connectivity index (χ1v) is 9.24. The Balaban J connectivity index is 1.55. The maximum Gasteiger partial charge on any atom is 0.331 e. The molecular formula is C18H19N3O5S. The fraction of sp³-hybridized carbons (Fsp3) is 0.333. The lowest BCUT2D eigenvalue weighted by molar-refractivity contribution is -0.135. The molecule has 8 nitrogen and oxygen atoms in total. The Morgan fingerprint density at radius 2 is 2.15 bits per heavy atom. The van der Waals surface area contributed by atoms with Crippen molar-refractivity contribution in [2.75, 3.05) is 13.7 Å². The molecule has 1 amide bonds. The van der Waals surface area contributed by atoms with E-state index >= 15 is 0 Å². The molecule has 3 rings (SSSR count). The van der Waals surface area contributed by atoms with E-state index in [9.17, 15) is 9.59 Å². The van der Waals surface area contributed by atoms with Crippen molar-refractivity contribution in [1.82, 2.24) is 5.32 Å². The molecule has 2 aliphatic heterocycles. The van der Waals surface area contributed by atoms with Crippen molar-refractivity contribution >= 4 is 35.0 Å². The molecule has 1 unspecified atom stereocenters. The van der Waals surface area contributed by atoms with Gasteiger partial charge in [0.15, 0.2) is 11.5 Å². The number of carbonyl (C=O) groups excluding carboxylic acids is 2. The number of rotatable bonds is 5. The summed E-state index contributed by atoms with van der Waals surface area (Å²) in [6, 6.07) is 7.39. The van der Waals surface area contributed by atoms with E-state index in [1.165, 1.54) is 7.11 Å². The number of hydrogen-bond donors (Lipinski definition) is 1. The molecule has 0 radical (unpaired) electrons. The normalized spacial score (nSPS) is 23.0. The van der Waals surface area contributed by atoms with Crippen LogP contribution in [-0.4, -0.2) is 43.3 Å². The summed E-state index contributed by atoms with van der Waals surface area (Å²) in [4.78, 5) is 23.1. The SMILES string of the molecule is COC(=O)/C=C1/S/C(=N\N=Cc2ccc(OC3CCCCO3)cc2)NC1=O. The van der Waals surface area contributed by atoms with Crippen LogP contribution in [0.25, 0.3) is 0 Å². The van der Waals surface area contributed by atoms with Crippen LogP contribution in [0.5, 0.6) is 5.75 Å². The van der Waals surface area contributed by atoms with Crippen molar-refractivity contribution in [3.8, 4) is 5.75 Å². The van der Waals surface area contributed by atoms with Gasteiger partial charge in [-0.15, -0.1) is 5.10 Å². The third kappa shape index (κ3) is 5.66. The van der Waals surface area contributed by atoms with E-state index in [2.05, 4.69) is 20.3 Å². The molecular weight excluding hydrogens is 370 g/mol. The van der Waals surface area contributed by atoms with Gasteiger partial charge < -0.3 is 14.2 Å². The molecule has 2 heterocycles. The third-order valence-corrected chi connectivity index (χ3v) is 4.64. The zero-order valence-electron chi connectivity index (χ0n) is 14.7. The summed E-state index contributed by atoms with van der Waals surface area (Å²) < 4.78 is 15.8. The summed E-state index contributed by atoms with van der Waals surface area (Å²) >= 11 is 1.02. The first-order valence-electron chi connectivity index (χ1n) is 8.42. The molecule has 9 heteroatoms. The van der Waals surface area contributed by atoms with Crippen LogP contribution in [0.4, 0.5) is 0 Å². The number of thioether (sulfide) groups is 1. The van der Waals surface area contributed by atoms with Crippen LogP contribution >= 0.6 is 11.8 Å². The highest BCUT2D eigenvalue weighted by atomic mass is 32.2. The van der Waals surface area contributed by atoms with Gasteiger partial charge in [0, 0.05) is 12.5 Å². The quantitative estimate of drug-likeness (QED) is 0.359. The fourth-order valence-electron chi connectivity index (χ4n) is 2.38. The summed E-state index contributed by atoms with van der Waals surface area (Å²) in [6.07, 6.45) is 5.58. The Bertz CT molecular complexity index is 783. The van der Waals surface area contributed by atoms with Crippen LogP contribution < -0.4 is 10.1 Å². The molecule has 2 fully saturated rings. The number of amidine groups is 1. The van der Waals surface area contributed by atoms with Gasteiger partial charge in [-0.05, 0) is 54.4 Å². The van der Waals surface area contributed by atoms with Gasteiger partial charge >= 0.3 is 5.97 Å². The fourth-order valence-corrected chi connectivity index (χ4v) is 3.12. The standard InChI is InChI=1S/C18H19N3O5S/c1-24-15(22)10-14-17(23)20-18(27-14)21-19-11-12-5-7-13(8-6-12)26-16-4-2-3-9-25-16/h5-8,10-11,16H,2-4,9H2,1H3,(H,20,21,23)/b14-10+,19-11?. The molecule has 0 spiro atoms. The summed E-state index contributed by atoms with van der Waals surface area (Å²) in [5, 5.41) is 10.7. The zero-order chi connectivity index (χ0) is 19.1. The van der Waals surface area contributed by atoms with E-state index in [0.717, 1.165) is 55.0 Å². The molecule has 142 valence electrons. The molecule has 1 aromatic carbocycles. The van der Waals surface area contributed by atoms with E-state index < -0.39 is 11.9 Å². The van der Waals surface area contributed by atoms with Crippen LogP contribution in [0.2, 0.25) is 0 Å². The van der Waals surface area contributed by atoms with Crippen molar-refractivity contribution in [2.24, 2.45) is 10.2 Å². The molecule has 0 aliphatic carbocycles. The summed E-state index contributed by atoms with van der Waals surface area (Å²) in [5.74, 6) is -0.273. The van der Waals surface area contributed by atoms with E-state index in [0.29, 0.717) is 5.17 Å². The second-order valence-corrected chi connectivity index (χ2v) is 6.75. The maximum atomic E-state index is 11.7. The van der Waals surface area contributed by atoms with E-state index in [1.807, 2.05) is 24.3 Å². The van der Waals surface area contributed by atoms with Crippen molar-refractivity contribution < 1.29 is 23.8 Å². The second kappa shape index (κ2) is 9.33. The predicted molar refractivity (Wildman–Crippen MR) is 102 cm³/mol. The van der Waals surface area contributed by atoms with E-state index in [1.54, 1.807) is 6.21 Å². The molecule has 27 heavy (non-hydrogen) atoms. The largest absolute Gasteiger partial charge is 0.466 e. The van der Waals surface area contributed by atoms with E-state index in [-0.39, 0.29) is 11.2 Å². The second-order valence-electron chi connectivity index (χ2n) is 5.72. The Hall–Kier alpha value is -2.65. The minimum Gasteiger partial charge on any atom is -0.466 e. The molecule has 1 N–H and O–H groups in total. The molecule has 2 aliphatic rings. The number of ether oxygens (including phenoxy) is 3. The number of hydrogen-bond acceptors (Lipinski definition) is 8. The molecule has 0 bridgehead atoms. The van der Waals surface area contributed by atoms with Crippen LogP contribution in [0.1, 0.15) is 24.8 Å². The highest BCUT2D eigenvalue weighted by Crippen LogP contribution is 2.23. The van der Waals surface area contributed by atoms with Gasteiger partial charge in [0.2, 0.25) is 0 Å². The lowest BCUT2D eigenvalue weighted by Crippen LogP contribution is -2.24. The Labute approximate surface area is 160 Å². The van der Waals surface area contributed by atoms with Crippen molar-refractivity contribution in [2.45, 2.75) is 25.6 Å². The first kappa shape index (κ1) is 19.1. The Morgan fingerprint density at radius 3 is 2.85 bits per heavy atom. The van der Waals surface area contributed by atoms with Gasteiger partial charge in [0.1, 0.15) is 5.75 Å². The van der Waals surface area contributed by atoms with E-state index in [4.69, 9.17) is 9.47 Å². The Morgan fingerprint density at radius 1 is 1.33 bits per heavy atom. The van der Waals surface area contributed by atoms with Crippen LogP contribution in [0.3, 0.4) is 0 Å². The molecule has 1 atom stereocenters. The number of nitrogens with zero attached hydrogens (tertiary/aromatic N) is 2. The van der Waals surface area contributed by atoms with Gasteiger partial charge in [-0.3, -0.25) is 10.1 Å². The minimum atomic E-state index is -0.599. The summed E-state index contributed by atoms with van der Waals surface area (Å²) in [6.45, 7) is 0.737. The summed E-state index contributed by atoms with van der Waals surface area (Å²) in [7, 11) is 1.24. The lowest BCUT2D eigenvalue weighted by Gasteiger charge is -2.23. The Kier molecular flexibility index (Phi) is 6.61. The van der Waals surface area contributed by atoms with Crippen molar-refractivity contribution in [3.05, 3.63) is 40.8 Å². The molecule has 0 saturated carbocycles. The van der Waals surface area contributed by atoms with Gasteiger partial charge in [-0.1, -0.05) is 0 Å². The third-order valence-electron chi connectivity index (χ3n) is 3.74. The van der Waals surface area contributed by atoms with Gasteiger partial charge in [-0.2, -0.15) is 5.10 Å². The van der Waals surface area contributed by atoms with Gasteiger partial charge in [0.05, 0.1) is 24.8 Å². The molecule has 1 aromatic rings. The molecule has 2 saturated heterocycles. The topological polar surface area (TPSA) is 98.6 Å². The number of benzene rings is 1. The van der Waals surface area contributed by atoms with Gasteiger partial charge in [-0.25, -0.2) is 4.79 Å². The zero-order valence-corrected chi connectivity index (χ0v) is 15.5. The number of methoxy groups -OCH3 is 1. The monoisotopic (exact) mass is 389 g/mol.